The SMILES string of the molecule is O=C(CCCn1c(SCC(=O)c2ccc(F)cc2)nc2c(sc3ccccc32)c1=O)NC1CCCC1. The molecule has 6 nitrogen and oxygen atoms in total. The number of thioether (sulfide) groups is 1. The van der Waals surface area contributed by atoms with E-state index in [4.69, 9.17) is 4.98 Å². The van der Waals surface area contributed by atoms with Crippen LogP contribution in [0.25, 0.3) is 20.3 Å². The topological polar surface area (TPSA) is 81.1 Å². The Balaban J connectivity index is 1.39. The van der Waals surface area contributed by atoms with E-state index in [2.05, 4.69) is 5.32 Å². The number of amides is 1. The van der Waals surface area contributed by atoms with E-state index in [1.54, 1.807) is 4.57 Å². The Morgan fingerprint density at radius 2 is 1.86 bits per heavy atom. The normalized spacial score (nSPS) is 14.0. The first kappa shape index (κ1) is 24.6. The number of Topliss-reactive ketones (excluding diaryl/α,β-unsaturated/α-hetero) is 1. The molecule has 2 heterocycles. The van der Waals surface area contributed by atoms with Gasteiger partial charge in [0.05, 0.1) is 11.3 Å². The Morgan fingerprint density at radius 3 is 2.64 bits per heavy atom. The van der Waals surface area contributed by atoms with Crippen molar-refractivity contribution in [2.45, 2.75) is 56.3 Å². The number of rotatable bonds is 9. The zero-order valence-electron chi connectivity index (χ0n) is 19.7. The van der Waals surface area contributed by atoms with Gasteiger partial charge in [-0.3, -0.25) is 19.0 Å². The summed E-state index contributed by atoms with van der Waals surface area (Å²) in [5, 5.41) is 4.44. The molecule has 0 spiro atoms. The van der Waals surface area contributed by atoms with Gasteiger partial charge < -0.3 is 5.32 Å². The van der Waals surface area contributed by atoms with Crippen LogP contribution in [0, 0.1) is 5.82 Å². The average Bonchev–Trinajstić information content (AvgIpc) is 3.52. The van der Waals surface area contributed by atoms with Crippen LogP contribution in [0.5, 0.6) is 0 Å². The molecule has 5 rings (SSSR count). The maximum Gasteiger partial charge on any atom is 0.272 e. The predicted molar refractivity (Wildman–Crippen MR) is 142 cm³/mol. The largest absolute Gasteiger partial charge is 0.353 e. The lowest BCUT2D eigenvalue weighted by molar-refractivity contribution is -0.121. The Bertz CT molecular complexity index is 1470. The molecule has 36 heavy (non-hydrogen) atoms. The lowest BCUT2D eigenvalue weighted by atomic mass is 10.1. The quantitative estimate of drug-likeness (QED) is 0.176. The molecule has 0 radical (unpaired) electrons. The molecule has 1 saturated carbocycles. The number of benzene rings is 2. The number of nitrogens with one attached hydrogen (secondary N) is 1. The maximum atomic E-state index is 13.5. The van der Waals surface area contributed by atoms with Gasteiger partial charge in [-0.1, -0.05) is 42.8 Å². The lowest BCUT2D eigenvalue weighted by Gasteiger charge is -2.14. The second-order valence-corrected chi connectivity index (χ2v) is 11.0. The molecule has 0 aliphatic heterocycles. The molecule has 2 aromatic heterocycles. The van der Waals surface area contributed by atoms with Gasteiger partial charge in [-0.15, -0.1) is 11.3 Å². The highest BCUT2D eigenvalue weighted by Gasteiger charge is 2.19. The predicted octanol–water partition coefficient (Wildman–Crippen LogP) is 5.56. The standard InChI is InChI=1S/C27H26FN3O3S2/c28-18-13-11-17(12-14-18)21(32)16-35-27-30-24-20-8-3-4-9-22(20)36-25(24)26(34)31(27)15-5-10-23(33)29-19-6-1-2-7-19/h3-4,8-9,11-14,19H,1-2,5-7,10,15-16H2,(H,29,33). The number of hydrogen-bond donors (Lipinski definition) is 1. The summed E-state index contributed by atoms with van der Waals surface area (Å²) in [6, 6.07) is 13.4. The Hall–Kier alpha value is -3.04. The molecule has 0 unspecified atom stereocenters. The molecular formula is C27H26FN3O3S2. The van der Waals surface area contributed by atoms with Crippen LogP contribution in [0.1, 0.15) is 48.9 Å². The van der Waals surface area contributed by atoms with Crippen LogP contribution < -0.4 is 10.9 Å². The summed E-state index contributed by atoms with van der Waals surface area (Å²) in [6.45, 7) is 0.335. The number of fused-ring (bicyclic) bond motifs is 3. The monoisotopic (exact) mass is 523 g/mol. The van der Waals surface area contributed by atoms with Crippen molar-refractivity contribution >= 4 is 55.1 Å². The molecule has 0 saturated heterocycles. The van der Waals surface area contributed by atoms with Gasteiger partial charge in [0.25, 0.3) is 5.56 Å². The van der Waals surface area contributed by atoms with Crippen LogP contribution in [-0.2, 0) is 11.3 Å². The van der Waals surface area contributed by atoms with E-state index < -0.39 is 5.82 Å². The summed E-state index contributed by atoms with van der Waals surface area (Å²) in [4.78, 5) is 43.4. The third-order valence-electron chi connectivity index (χ3n) is 6.45. The van der Waals surface area contributed by atoms with Crippen molar-refractivity contribution in [1.29, 1.82) is 0 Å². The van der Waals surface area contributed by atoms with Crippen LogP contribution >= 0.6 is 23.1 Å². The molecule has 2 aromatic carbocycles. The summed E-state index contributed by atoms with van der Waals surface area (Å²) >= 11 is 2.60. The Kier molecular flexibility index (Phi) is 7.48. The zero-order valence-corrected chi connectivity index (χ0v) is 21.3. The van der Waals surface area contributed by atoms with Crippen LogP contribution in [-0.4, -0.2) is 33.0 Å². The van der Waals surface area contributed by atoms with E-state index in [1.165, 1.54) is 47.4 Å². The second-order valence-electron chi connectivity index (χ2n) is 9.00. The van der Waals surface area contributed by atoms with Gasteiger partial charge in [0.2, 0.25) is 5.91 Å². The molecule has 1 aliphatic carbocycles. The minimum absolute atomic E-state index is 0.00605. The third-order valence-corrected chi connectivity index (χ3v) is 8.58. The smallest absolute Gasteiger partial charge is 0.272 e. The molecule has 1 N–H and O–H groups in total. The highest BCUT2D eigenvalue weighted by Crippen LogP contribution is 2.32. The summed E-state index contributed by atoms with van der Waals surface area (Å²) in [6.07, 6.45) is 5.18. The van der Waals surface area contributed by atoms with Crippen molar-refractivity contribution in [3.63, 3.8) is 0 Å². The van der Waals surface area contributed by atoms with Crippen molar-refractivity contribution in [3.05, 3.63) is 70.3 Å². The van der Waals surface area contributed by atoms with Crippen molar-refractivity contribution in [3.8, 4) is 0 Å². The second kappa shape index (κ2) is 10.9. The van der Waals surface area contributed by atoms with Gasteiger partial charge in [0.1, 0.15) is 10.5 Å². The molecule has 0 atom stereocenters. The maximum absolute atomic E-state index is 13.5. The van der Waals surface area contributed by atoms with Crippen LogP contribution in [0.3, 0.4) is 0 Å². The lowest BCUT2D eigenvalue weighted by Crippen LogP contribution is -2.32. The fraction of sp³-hybridized carbons (Fsp3) is 0.333. The van der Waals surface area contributed by atoms with E-state index >= 15 is 0 Å². The molecule has 0 bridgehead atoms. The van der Waals surface area contributed by atoms with Crippen molar-refractivity contribution < 1.29 is 14.0 Å². The van der Waals surface area contributed by atoms with E-state index in [-0.39, 0.29) is 29.0 Å². The minimum Gasteiger partial charge on any atom is -0.353 e. The number of nitrogens with zero attached hydrogens (tertiary/aromatic N) is 2. The van der Waals surface area contributed by atoms with Crippen LogP contribution in [0.4, 0.5) is 4.39 Å². The highest BCUT2D eigenvalue weighted by molar-refractivity contribution is 7.99. The number of thiophene rings is 1. The van der Waals surface area contributed by atoms with E-state index in [9.17, 15) is 18.8 Å². The highest BCUT2D eigenvalue weighted by atomic mass is 32.2. The van der Waals surface area contributed by atoms with Gasteiger partial charge in [-0.25, -0.2) is 9.37 Å². The number of carbonyl (C=O) groups excluding carboxylic acids is 2. The fourth-order valence-corrected chi connectivity index (χ4v) is 6.58. The fourth-order valence-electron chi connectivity index (χ4n) is 4.58. The van der Waals surface area contributed by atoms with E-state index in [0.717, 1.165) is 35.8 Å². The van der Waals surface area contributed by atoms with Crippen molar-refractivity contribution in [1.82, 2.24) is 14.9 Å². The first-order valence-electron chi connectivity index (χ1n) is 12.1. The average molecular weight is 524 g/mol. The van der Waals surface area contributed by atoms with Gasteiger partial charge in [0.15, 0.2) is 10.9 Å². The molecular weight excluding hydrogens is 497 g/mol. The van der Waals surface area contributed by atoms with Crippen LogP contribution in [0.15, 0.2) is 58.5 Å². The molecule has 186 valence electrons. The zero-order chi connectivity index (χ0) is 25.1. The van der Waals surface area contributed by atoms with Crippen molar-refractivity contribution in [2.75, 3.05) is 5.75 Å². The number of ketones is 1. The molecule has 4 aromatic rings. The number of halogens is 1. The molecule has 1 aliphatic rings. The summed E-state index contributed by atoms with van der Waals surface area (Å²) in [7, 11) is 0. The minimum atomic E-state index is -0.401. The number of hydrogen-bond acceptors (Lipinski definition) is 6. The number of carbonyl (C=O) groups is 2. The van der Waals surface area contributed by atoms with Crippen LogP contribution in [0.2, 0.25) is 0 Å². The van der Waals surface area contributed by atoms with Gasteiger partial charge >= 0.3 is 0 Å². The summed E-state index contributed by atoms with van der Waals surface area (Å²) in [5.74, 6) is -0.506. The van der Waals surface area contributed by atoms with Crippen molar-refractivity contribution in [2.24, 2.45) is 0 Å². The van der Waals surface area contributed by atoms with E-state index in [1.807, 2.05) is 24.3 Å². The first-order chi connectivity index (χ1) is 17.5. The first-order valence-corrected chi connectivity index (χ1v) is 13.9. The molecule has 9 heteroatoms. The molecule has 1 amide bonds. The third kappa shape index (κ3) is 5.37. The van der Waals surface area contributed by atoms with Gasteiger partial charge in [-0.2, -0.15) is 0 Å². The number of aromatic nitrogens is 2. The Morgan fingerprint density at radius 1 is 1.11 bits per heavy atom. The van der Waals surface area contributed by atoms with E-state index in [0.29, 0.717) is 40.3 Å². The summed E-state index contributed by atoms with van der Waals surface area (Å²) in [5.41, 5.74) is 0.880. The summed E-state index contributed by atoms with van der Waals surface area (Å²) < 4.78 is 16.4. The van der Waals surface area contributed by atoms with Gasteiger partial charge in [-0.05, 0) is 49.6 Å². The van der Waals surface area contributed by atoms with Gasteiger partial charge in [0, 0.05) is 34.7 Å². The molecule has 1 fully saturated rings. The Labute approximate surface area is 215 Å².